The van der Waals surface area contributed by atoms with Gasteiger partial charge in [-0.25, -0.2) is 13.8 Å². The van der Waals surface area contributed by atoms with E-state index >= 15 is 0 Å². The Kier molecular flexibility index (Phi) is 6.22. The topological polar surface area (TPSA) is 103 Å². The molecule has 2 fully saturated rings. The van der Waals surface area contributed by atoms with E-state index in [2.05, 4.69) is 15.5 Å². The number of nitrogens with zero attached hydrogens (tertiary/aromatic N) is 4. The van der Waals surface area contributed by atoms with Crippen molar-refractivity contribution in [2.75, 3.05) is 48.9 Å². The van der Waals surface area contributed by atoms with Gasteiger partial charge in [0.25, 0.3) is 11.1 Å². The molecule has 1 saturated heterocycles. The average Bonchev–Trinajstić information content (AvgIpc) is 3.78. The summed E-state index contributed by atoms with van der Waals surface area (Å²) in [5.74, 6) is -0.551. The number of fused-ring (bicyclic) bond motifs is 1. The molecular formula is C28H29FN6O4. The van der Waals surface area contributed by atoms with Crippen LogP contribution in [0.25, 0.3) is 16.7 Å². The SMILES string of the molecule is CNc1ccc(Nc2cc(=O)n(C)c3c2c(=O)n(C2CC2)c(=O)n3-c2cccc(N3CCOCC3)c2)c(F)c1. The number of hydrogen-bond donors (Lipinski definition) is 2. The van der Waals surface area contributed by atoms with Crippen LogP contribution >= 0.6 is 0 Å². The van der Waals surface area contributed by atoms with E-state index in [1.807, 2.05) is 18.2 Å². The molecule has 2 aromatic heterocycles. The average molecular weight is 533 g/mol. The first-order chi connectivity index (χ1) is 18.9. The summed E-state index contributed by atoms with van der Waals surface area (Å²) in [6.07, 6.45) is 1.42. The predicted molar refractivity (Wildman–Crippen MR) is 150 cm³/mol. The molecule has 1 aliphatic heterocycles. The molecule has 0 radical (unpaired) electrons. The number of aromatic nitrogens is 3. The lowest BCUT2D eigenvalue weighted by Gasteiger charge is -2.29. The van der Waals surface area contributed by atoms with Gasteiger partial charge in [-0.15, -0.1) is 0 Å². The summed E-state index contributed by atoms with van der Waals surface area (Å²) in [7, 11) is 3.21. The van der Waals surface area contributed by atoms with Gasteiger partial charge in [-0.3, -0.25) is 18.7 Å². The first kappa shape index (κ1) is 24.9. The molecule has 10 nitrogen and oxygen atoms in total. The first-order valence-electron chi connectivity index (χ1n) is 13.0. The van der Waals surface area contributed by atoms with Crippen LogP contribution in [0.2, 0.25) is 0 Å². The third-order valence-corrected chi connectivity index (χ3v) is 7.35. The summed E-state index contributed by atoms with van der Waals surface area (Å²) in [5.41, 5.74) is 0.939. The van der Waals surface area contributed by atoms with Crippen LogP contribution in [0.3, 0.4) is 0 Å². The van der Waals surface area contributed by atoms with Crippen molar-refractivity contribution >= 4 is 33.8 Å². The van der Waals surface area contributed by atoms with Crippen LogP contribution in [0.15, 0.2) is 62.9 Å². The maximum absolute atomic E-state index is 14.9. The number of morpholine rings is 1. The van der Waals surface area contributed by atoms with Gasteiger partial charge in [0.1, 0.15) is 16.9 Å². The Hall–Kier alpha value is -4.38. The summed E-state index contributed by atoms with van der Waals surface area (Å²) < 4.78 is 24.4. The molecule has 0 spiro atoms. The number of hydrogen-bond acceptors (Lipinski definition) is 7. The van der Waals surface area contributed by atoms with E-state index in [0.29, 0.717) is 50.5 Å². The standard InChI is InChI=1S/C28H29FN6O4/c1-30-17-6-9-22(21(29)14-17)31-23-16-24(36)32(2)26-25(23)27(37)35(18-7-8-18)28(38)34(26)20-5-3-4-19(15-20)33-10-12-39-13-11-33/h3-6,9,14-16,18,30-31H,7-8,10-13H2,1-2H3. The van der Waals surface area contributed by atoms with Crippen molar-refractivity contribution in [1.29, 1.82) is 0 Å². The van der Waals surface area contributed by atoms with E-state index in [1.54, 1.807) is 19.2 Å². The lowest BCUT2D eigenvalue weighted by atomic mass is 10.2. The van der Waals surface area contributed by atoms with Gasteiger partial charge in [0.05, 0.1) is 30.3 Å². The molecule has 0 bridgehead atoms. The van der Waals surface area contributed by atoms with Crippen molar-refractivity contribution < 1.29 is 9.13 Å². The maximum Gasteiger partial charge on any atom is 0.337 e. The van der Waals surface area contributed by atoms with Gasteiger partial charge in [-0.1, -0.05) is 6.07 Å². The van der Waals surface area contributed by atoms with Crippen molar-refractivity contribution in [2.45, 2.75) is 18.9 Å². The lowest BCUT2D eigenvalue weighted by Crippen LogP contribution is -2.41. The normalized spacial score (nSPS) is 15.5. The molecule has 202 valence electrons. The smallest absolute Gasteiger partial charge is 0.337 e. The molecule has 3 heterocycles. The number of anilines is 4. The van der Waals surface area contributed by atoms with Crippen LogP contribution in [-0.2, 0) is 11.8 Å². The summed E-state index contributed by atoms with van der Waals surface area (Å²) in [6, 6.07) is 13.1. The van der Waals surface area contributed by atoms with Crippen LogP contribution in [0.5, 0.6) is 0 Å². The van der Waals surface area contributed by atoms with Crippen molar-refractivity contribution in [3.8, 4) is 5.69 Å². The Balaban J connectivity index is 1.62. The number of aryl methyl sites for hydroxylation is 1. The van der Waals surface area contributed by atoms with E-state index in [0.717, 1.165) is 5.69 Å². The first-order valence-corrected chi connectivity index (χ1v) is 13.0. The van der Waals surface area contributed by atoms with Crippen molar-refractivity contribution in [1.82, 2.24) is 13.7 Å². The van der Waals surface area contributed by atoms with Crippen LogP contribution < -0.4 is 32.3 Å². The summed E-state index contributed by atoms with van der Waals surface area (Å²) in [6.45, 7) is 2.64. The highest BCUT2D eigenvalue weighted by molar-refractivity contribution is 5.91. The Morgan fingerprint density at radius 1 is 0.949 bits per heavy atom. The number of benzene rings is 2. The van der Waals surface area contributed by atoms with Gasteiger partial charge < -0.3 is 20.3 Å². The Morgan fingerprint density at radius 2 is 1.69 bits per heavy atom. The summed E-state index contributed by atoms with van der Waals surface area (Å²) in [5, 5.41) is 5.97. The Bertz CT molecular complexity index is 1770. The van der Waals surface area contributed by atoms with Crippen LogP contribution in [0, 0.1) is 5.82 Å². The summed E-state index contributed by atoms with van der Waals surface area (Å²) in [4.78, 5) is 43.1. The zero-order valence-electron chi connectivity index (χ0n) is 21.7. The van der Waals surface area contributed by atoms with Gasteiger partial charge in [0.2, 0.25) is 0 Å². The molecule has 11 heteroatoms. The fraction of sp³-hybridized carbons (Fsp3) is 0.321. The van der Waals surface area contributed by atoms with E-state index in [1.165, 1.54) is 38.9 Å². The second kappa shape index (κ2) is 9.73. The second-order valence-electron chi connectivity index (χ2n) is 9.87. The molecule has 0 amide bonds. The predicted octanol–water partition coefficient (Wildman–Crippen LogP) is 2.95. The Labute approximate surface area is 222 Å². The highest BCUT2D eigenvalue weighted by Crippen LogP contribution is 2.34. The highest BCUT2D eigenvalue weighted by Gasteiger charge is 2.31. The van der Waals surface area contributed by atoms with Crippen LogP contribution in [0.4, 0.5) is 27.1 Å². The highest BCUT2D eigenvalue weighted by atomic mass is 19.1. The number of ether oxygens (including phenoxy) is 1. The number of rotatable bonds is 6. The lowest BCUT2D eigenvalue weighted by molar-refractivity contribution is 0.122. The van der Waals surface area contributed by atoms with Crippen LogP contribution in [0.1, 0.15) is 18.9 Å². The van der Waals surface area contributed by atoms with Gasteiger partial charge in [-0.05, 0) is 49.2 Å². The zero-order chi connectivity index (χ0) is 27.3. The maximum atomic E-state index is 14.9. The summed E-state index contributed by atoms with van der Waals surface area (Å²) >= 11 is 0. The van der Waals surface area contributed by atoms with E-state index in [4.69, 9.17) is 4.74 Å². The molecule has 2 aliphatic rings. The second-order valence-corrected chi connectivity index (χ2v) is 9.87. The fourth-order valence-electron chi connectivity index (χ4n) is 5.12. The minimum Gasteiger partial charge on any atom is -0.388 e. The number of nitrogens with one attached hydrogen (secondary N) is 2. The van der Waals surface area contributed by atoms with Gasteiger partial charge in [0, 0.05) is 50.7 Å². The molecule has 4 aromatic rings. The quantitative estimate of drug-likeness (QED) is 0.394. The third-order valence-electron chi connectivity index (χ3n) is 7.35. The molecule has 39 heavy (non-hydrogen) atoms. The number of pyridine rings is 1. The molecule has 0 atom stereocenters. The molecule has 2 aromatic carbocycles. The van der Waals surface area contributed by atoms with E-state index in [9.17, 15) is 18.8 Å². The number of halogens is 1. The minimum absolute atomic E-state index is 0.105. The minimum atomic E-state index is -0.551. The molecule has 6 rings (SSSR count). The molecular weight excluding hydrogens is 503 g/mol. The van der Waals surface area contributed by atoms with Gasteiger partial charge in [-0.2, -0.15) is 0 Å². The molecule has 2 N–H and O–H groups in total. The van der Waals surface area contributed by atoms with E-state index < -0.39 is 22.6 Å². The van der Waals surface area contributed by atoms with Crippen molar-refractivity contribution in [3.05, 3.63) is 85.5 Å². The van der Waals surface area contributed by atoms with Gasteiger partial charge in [0.15, 0.2) is 0 Å². The largest absolute Gasteiger partial charge is 0.388 e. The van der Waals surface area contributed by atoms with Crippen LogP contribution in [-0.4, -0.2) is 47.1 Å². The van der Waals surface area contributed by atoms with E-state index in [-0.39, 0.29) is 28.5 Å². The molecule has 1 saturated carbocycles. The fourth-order valence-corrected chi connectivity index (χ4v) is 5.12. The van der Waals surface area contributed by atoms with Crippen molar-refractivity contribution in [2.24, 2.45) is 7.05 Å². The van der Waals surface area contributed by atoms with Gasteiger partial charge >= 0.3 is 5.69 Å². The third kappa shape index (κ3) is 4.38. The van der Waals surface area contributed by atoms with Crippen molar-refractivity contribution in [3.63, 3.8) is 0 Å². The monoisotopic (exact) mass is 532 g/mol. The molecule has 1 aliphatic carbocycles. The zero-order valence-corrected chi connectivity index (χ0v) is 21.7. The molecule has 0 unspecified atom stereocenters. The Morgan fingerprint density at radius 3 is 2.38 bits per heavy atom.